The Hall–Kier alpha value is -1.84. The monoisotopic (exact) mass is 263 g/mol. The summed E-state index contributed by atoms with van der Waals surface area (Å²) in [6.45, 7) is 6.31. The standard InChI is InChI=1S/C15H21NO3/c1-10(2)13-6-4-12(5-7-13)9-16-15(19)11(3)8-14(17)18/h4-7,10-11H,8-9H2,1-3H3,(H,16,19)(H,17,18). The molecular formula is C15H21NO3. The maximum atomic E-state index is 11.7. The third-order valence-corrected chi connectivity index (χ3v) is 3.04. The van der Waals surface area contributed by atoms with Crippen molar-refractivity contribution in [1.82, 2.24) is 5.32 Å². The summed E-state index contributed by atoms with van der Waals surface area (Å²) in [5, 5.41) is 11.4. The van der Waals surface area contributed by atoms with E-state index >= 15 is 0 Å². The second kappa shape index (κ2) is 6.92. The summed E-state index contributed by atoms with van der Waals surface area (Å²) in [5.41, 5.74) is 2.27. The first-order valence-electron chi connectivity index (χ1n) is 6.48. The maximum Gasteiger partial charge on any atom is 0.304 e. The molecule has 0 spiro atoms. The number of carbonyl (C=O) groups is 2. The minimum Gasteiger partial charge on any atom is -0.481 e. The van der Waals surface area contributed by atoms with E-state index in [0.717, 1.165) is 5.56 Å². The molecular weight excluding hydrogens is 242 g/mol. The summed E-state index contributed by atoms with van der Waals surface area (Å²) in [4.78, 5) is 22.2. The van der Waals surface area contributed by atoms with Gasteiger partial charge in [-0.2, -0.15) is 0 Å². The van der Waals surface area contributed by atoms with Gasteiger partial charge in [0.25, 0.3) is 0 Å². The van der Waals surface area contributed by atoms with Gasteiger partial charge in [0.05, 0.1) is 6.42 Å². The number of rotatable bonds is 6. The van der Waals surface area contributed by atoms with Crippen molar-refractivity contribution in [1.29, 1.82) is 0 Å². The Morgan fingerprint density at radius 2 is 1.74 bits per heavy atom. The number of carboxylic acids is 1. The van der Waals surface area contributed by atoms with Crippen molar-refractivity contribution in [3.05, 3.63) is 35.4 Å². The van der Waals surface area contributed by atoms with Crippen LogP contribution in [-0.2, 0) is 16.1 Å². The summed E-state index contributed by atoms with van der Waals surface area (Å²) in [5.74, 6) is -1.20. The van der Waals surface area contributed by atoms with Crippen LogP contribution in [0.25, 0.3) is 0 Å². The number of hydrogen-bond donors (Lipinski definition) is 2. The van der Waals surface area contributed by atoms with Gasteiger partial charge in [0, 0.05) is 12.5 Å². The lowest BCUT2D eigenvalue weighted by atomic mass is 10.0. The fraction of sp³-hybridized carbons (Fsp3) is 0.467. The van der Waals surface area contributed by atoms with Crippen molar-refractivity contribution in [2.75, 3.05) is 0 Å². The summed E-state index contributed by atoms with van der Waals surface area (Å²) >= 11 is 0. The number of carbonyl (C=O) groups excluding carboxylic acids is 1. The molecule has 1 aromatic rings. The van der Waals surface area contributed by atoms with E-state index in [1.807, 2.05) is 24.3 Å². The van der Waals surface area contributed by atoms with Crippen molar-refractivity contribution < 1.29 is 14.7 Å². The molecule has 1 atom stereocenters. The van der Waals surface area contributed by atoms with Crippen LogP contribution in [-0.4, -0.2) is 17.0 Å². The number of nitrogens with one attached hydrogen (secondary N) is 1. The molecule has 0 saturated carbocycles. The molecule has 0 saturated heterocycles. The van der Waals surface area contributed by atoms with Crippen LogP contribution in [0, 0.1) is 5.92 Å². The molecule has 1 aromatic carbocycles. The third-order valence-electron chi connectivity index (χ3n) is 3.04. The van der Waals surface area contributed by atoms with Crippen LogP contribution in [0.1, 0.15) is 44.2 Å². The lowest BCUT2D eigenvalue weighted by Crippen LogP contribution is -2.30. The van der Waals surface area contributed by atoms with Crippen LogP contribution < -0.4 is 5.32 Å². The van der Waals surface area contributed by atoms with Crippen LogP contribution >= 0.6 is 0 Å². The fourth-order valence-electron chi connectivity index (χ4n) is 1.74. The minimum absolute atomic E-state index is 0.141. The number of benzene rings is 1. The molecule has 0 aliphatic heterocycles. The van der Waals surface area contributed by atoms with Gasteiger partial charge >= 0.3 is 5.97 Å². The largest absolute Gasteiger partial charge is 0.481 e. The van der Waals surface area contributed by atoms with E-state index in [2.05, 4.69) is 19.2 Å². The maximum absolute atomic E-state index is 11.7. The Balaban J connectivity index is 2.48. The van der Waals surface area contributed by atoms with Gasteiger partial charge in [0.15, 0.2) is 0 Å². The molecule has 0 radical (unpaired) electrons. The summed E-state index contributed by atoms with van der Waals surface area (Å²) < 4.78 is 0. The van der Waals surface area contributed by atoms with Gasteiger partial charge in [-0.3, -0.25) is 9.59 Å². The topological polar surface area (TPSA) is 66.4 Å². The van der Waals surface area contributed by atoms with E-state index in [1.165, 1.54) is 5.56 Å². The molecule has 4 heteroatoms. The van der Waals surface area contributed by atoms with Gasteiger partial charge in [-0.1, -0.05) is 45.0 Å². The molecule has 0 fully saturated rings. The second-order valence-corrected chi connectivity index (χ2v) is 5.11. The molecule has 0 aliphatic carbocycles. The van der Waals surface area contributed by atoms with Gasteiger partial charge in [-0.05, 0) is 17.0 Å². The van der Waals surface area contributed by atoms with Crippen LogP contribution in [0.2, 0.25) is 0 Å². The van der Waals surface area contributed by atoms with E-state index < -0.39 is 11.9 Å². The van der Waals surface area contributed by atoms with E-state index in [1.54, 1.807) is 6.92 Å². The average Bonchev–Trinajstić information content (AvgIpc) is 2.35. The van der Waals surface area contributed by atoms with Crippen LogP contribution in [0.15, 0.2) is 24.3 Å². The van der Waals surface area contributed by atoms with Gasteiger partial charge in [0.2, 0.25) is 5.91 Å². The summed E-state index contributed by atoms with van der Waals surface area (Å²) in [7, 11) is 0. The van der Waals surface area contributed by atoms with Crippen molar-refractivity contribution in [3.8, 4) is 0 Å². The molecule has 19 heavy (non-hydrogen) atoms. The number of carboxylic acid groups (broad SMARTS) is 1. The van der Waals surface area contributed by atoms with E-state index in [-0.39, 0.29) is 12.3 Å². The lowest BCUT2D eigenvalue weighted by Gasteiger charge is -2.11. The SMILES string of the molecule is CC(CC(=O)O)C(=O)NCc1ccc(C(C)C)cc1. The average molecular weight is 263 g/mol. The minimum atomic E-state index is -0.955. The van der Waals surface area contributed by atoms with Crippen molar-refractivity contribution in [2.24, 2.45) is 5.92 Å². The predicted octanol–water partition coefficient (Wildman–Crippen LogP) is 2.54. The number of hydrogen-bond acceptors (Lipinski definition) is 2. The molecule has 4 nitrogen and oxygen atoms in total. The number of amides is 1. The van der Waals surface area contributed by atoms with E-state index in [0.29, 0.717) is 12.5 Å². The Labute approximate surface area is 113 Å². The highest BCUT2D eigenvalue weighted by Crippen LogP contribution is 2.14. The Bertz CT molecular complexity index is 437. The summed E-state index contributed by atoms with van der Waals surface area (Å²) in [6.07, 6.45) is -0.141. The molecule has 0 heterocycles. The molecule has 1 rings (SSSR count). The van der Waals surface area contributed by atoms with E-state index in [9.17, 15) is 9.59 Å². The van der Waals surface area contributed by atoms with Crippen molar-refractivity contribution in [2.45, 2.75) is 39.7 Å². The van der Waals surface area contributed by atoms with Crippen molar-refractivity contribution in [3.63, 3.8) is 0 Å². The Kier molecular flexibility index (Phi) is 5.55. The van der Waals surface area contributed by atoms with Crippen LogP contribution in [0.3, 0.4) is 0 Å². The first-order chi connectivity index (χ1) is 8.90. The first-order valence-corrected chi connectivity index (χ1v) is 6.48. The normalized spacial score (nSPS) is 12.2. The third kappa shape index (κ3) is 5.12. The zero-order valence-electron chi connectivity index (χ0n) is 11.6. The predicted molar refractivity (Wildman–Crippen MR) is 73.8 cm³/mol. The van der Waals surface area contributed by atoms with Crippen LogP contribution in [0.5, 0.6) is 0 Å². The highest BCUT2D eigenvalue weighted by Gasteiger charge is 2.15. The molecule has 0 aromatic heterocycles. The second-order valence-electron chi connectivity index (χ2n) is 5.11. The molecule has 1 unspecified atom stereocenters. The zero-order valence-corrected chi connectivity index (χ0v) is 11.6. The van der Waals surface area contributed by atoms with Gasteiger partial charge in [-0.15, -0.1) is 0 Å². The lowest BCUT2D eigenvalue weighted by molar-refractivity contribution is -0.140. The quantitative estimate of drug-likeness (QED) is 0.828. The smallest absolute Gasteiger partial charge is 0.304 e. The zero-order chi connectivity index (χ0) is 14.4. The number of aliphatic carboxylic acids is 1. The highest BCUT2D eigenvalue weighted by molar-refractivity contribution is 5.82. The Morgan fingerprint density at radius 1 is 1.16 bits per heavy atom. The molecule has 0 bridgehead atoms. The fourth-order valence-corrected chi connectivity index (χ4v) is 1.74. The Morgan fingerprint density at radius 3 is 2.21 bits per heavy atom. The molecule has 2 N–H and O–H groups in total. The van der Waals surface area contributed by atoms with Crippen LogP contribution in [0.4, 0.5) is 0 Å². The highest BCUT2D eigenvalue weighted by atomic mass is 16.4. The molecule has 0 aliphatic rings. The first kappa shape index (κ1) is 15.2. The van der Waals surface area contributed by atoms with Gasteiger partial charge in [-0.25, -0.2) is 0 Å². The van der Waals surface area contributed by atoms with Crippen molar-refractivity contribution >= 4 is 11.9 Å². The molecule has 104 valence electrons. The van der Waals surface area contributed by atoms with Gasteiger partial charge < -0.3 is 10.4 Å². The molecule has 1 amide bonds. The summed E-state index contributed by atoms with van der Waals surface area (Å²) in [6, 6.07) is 8.06. The van der Waals surface area contributed by atoms with E-state index in [4.69, 9.17) is 5.11 Å². The van der Waals surface area contributed by atoms with Gasteiger partial charge in [0.1, 0.15) is 0 Å².